The van der Waals surface area contributed by atoms with Gasteiger partial charge in [0, 0.05) is 11.0 Å². The predicted molar refractivity (Wildman–Crippen MR) is 64.5 cm³/mol. The molecule has 1 atom stereocenters. The summed E-state index contributed by atoms with van der Waals surface area (Å²) in [6, 6.07) is 6.16. The van der Waals surface area contributed by atoms with Gasteiger partial charge in [-0.2, -0.15) is 18.4 Å². The second-order valence-electron chi connectivity index (χ2n) is 3.62. The predicted octanol–water partition coefficient (Wildman–Crippen LogP) is 3.00. The smallest absolute Gasteiger partial charge is 0.403 e. The van der Waals surface area contributed by atoms with E-state index in [2.05, 4.69) is 21.2 Å². The Labute approximate surface area is 115 Å². The molecule has 1 unspecified atom stereocenters. The van der Waals surface area contributed by atoms with E-state index in [1.807, 2.05) is 0 Å². The van der Waals surface area contributed by atoms with Crippen molar-refractivity contribution in [1.82, 2.24) is 0 Å². The van der Waals surface area contributed by atoms with Crippen molar-refractivity contribution < 1.29 is 23.1 Å². The number of nitriles is 1. The second-order valence-corrected chi connectivity index (χ2v) is 4.53. The van der Waals surface area contributed by atoms with Gasteiger partial charge >= 0.3 is 12.1 Å². The minimum absolute atomic E-state index is 0.126. The van der Waals surface area contributed by atoms with Crippen molar-refractivity contribution in [1.29, 1.82) is 5.26 Å². The van der Waals surface area contributed by atoms with Gasteiger partial charge in [-0.25, -0.2) is 0 Å². The Morgan fingerprint density at radius 3 is 2.63 bits per heavy atom. The van der Waals surface area contributed by atoms with Gasteiger partial charge < -0.3 is 10.4 Å². The number of carboxylic acids is 1. The van der Waals surface area contributed by atoms with Crippen LogP contribution in [0.5, 0.6) is 0 Å². The van der Waals surface area contributed by atoms with Gasteiger partial charge in [0.25, 0.3) is 0 Å². The van der Waals surface area contributed by atoms with Gasteiger partial charge in [-0.1, -0.05) is 15.9 Å². The highest BCUT2D eigenvalue weighted by Gasteiger charge is 2.44. The van der Waals surface area contributed by atoms with Crippen LogP contribution < -0.4 is 5.32 Å². The van der Waals surface area contributed by atoms with Gasteiger partial charge in [0.05, 0.1) is 11.3 Å². The Bertz CT molecular complexity index is 526. The average molecular weight is 337 g/mol. The number of alkyl halides is 3. The molecule has 8 heteroatoms. The number of aliphatic carboxylic acids is 1. The molecular weight excluding hydrogens is 329 g/mol. The molecule has 1 aromatic rings. The lowest BCUT2D eigenvalue weighted by Gasteiger charge is -2.17. The topological polar surface area (TPSA) is 73.1 Å². The first-order chi connectivity index (χ1) is 8.75. The number of benzene rings is 1. The van der Waals surface area contributed by atoms with Crippen LogP contribution in [0.1, 0.15) is 5.56 Å². The molecule has 0 radical (unpaired) electrons. The number of carbonyl (C=O) groups is 1. The van der Waals surface area contributed by atoms with E-state index >= 15 is 0 Å². The number of halogens is 4. The first-order valence-corrected chi connectivity index (χ1v) is 5.78. The van der Waals surface area contributed by atoms with Crippen LogP contribution in [0.2, 0.25) is 0 Å². The zero-order valence-corrected chi connectivity index (χ0v) is 10.9. The summed E-state index contributed by atoms with van der Waals surface area (Å²) in [4.78, 5) is 10.5. The Morgan fingerprint density at radius 2 is 2.16 bits per heavy atom. The standard InChI is InChI=1S/C11H8BrF3N2O2/c12-7-1-2-9(6(3-7)4-16)17-5-8(10(18)19)11(13,14)15/h1-3,8,17H,5H2,(H,18,19). The molecule has 0 aliphatic rings. The van der Waals surface area contributed by atoms with Crippen molar-refractivity contribution in [3.8, 4) is 6.07 Å². The van der Waals surface area contributed by atoms with Gasteiger partial charge in [0.1, 0.15) is 6.07 Å². The molecule has 0 heterocycles. The summed E-state index contributed by atoms with van der Waals surface area (Å²) in [6.07, 6.45) is -4.85. The highest BCUT2D eigenvalue weighted by atomic mass is 79.9. The lowest BCUT2D eigenvalue weighted by Crippen LogP contribution is -2.36. The fourth-order valence-electron chi connectivity index (χ4n) is 1.32. The molecule has 0 spiro atoms. The SMILES string of the molecule is N#Cc1cc(Br)ccc1NCC(C(=O)O)C(F)(F)F. The molecule has 1 aromatic carbocycles. The molecule has 0 aromatic heterocycles. The van der Waals surface area contributed by atoms with E-state index in [4.69, 9.17) is 10.4 Å². The fourth-order valence-corrected chi connectivity index (χ4v) is 1.68. The molecule has 0 saturated heterocycles. The van der Waals surface area contributed by atoms with E-state index in [1.54, 1.807) is 6.07 Å². The molecule has 0 aliphatic heterocycles. The number of hydrogen-bond acceptors (Lipinski definition) is 3. The molecule has 4 nitrogen and oxygen atoms in total. The van der Waals surface area contributed by atoms with Gasteiger partial charge in [0.15, 0.2) is 5.92 Å². The van der Waals surface area contributed by atoms with Crippen LogP contribution >= 0.6 is 15.9 Å². The van der Waals surface area contributed by atoms with Gasteiger partial charge in [-0.15, -0.1) is 0 Å². The van der Waals surface area contributed by atoms with E-state index in [-0.39, 0.29) is 11.3 Å². The summed E-state index contributed by atoms with van der Waals surface area (Å²) < 4.78 is 37.9. The largest absolute Gasteiger partial charge is 0.481 e. The van der Waals surface area contributed by atoms with Crippen LogP contribution in [-0.2, 0) is 4.79 Å². The number of rotatable bonds is 4. The van der Waals surface area contributed by atoms with Crippen LogP contribution in [0.25, 0.3) is 0 Å². The van der Waals surface area contributed by atoms with Crippen molar-refractivity contribution in [3.05, 3.63) is 28.2 Å². The van der Waals surface area contributed by atoms with Crippen molar-refractivity contribution in [2.45, 2.75) is 6.18 Å². The molecule has 0 amide bonds. The molecule has 0 saturated carbocycles. The number of carboxylic acid groups (broad SMARTS) is 1. The van der Waals surface area contributed by atoms with Gasteiger partial charge in [0.2, 0.25) is 0 Å². The third-order valence-corrected chi connectivity index (χ3v) is 2.79. The maximum Gasteiger partial charge on any atom is 0.403 e. The summed E-state index contributed by atoms with van der Waals surface area (Å²) in [5, 5.41) is 19.7. The van der Waals surface area contributed by atoms with Gasteiger partial charge in [-0.3, -0.25) is 4.79 Å². The second kappa shape index (κ2) is 5.93. The van der Waals surface area contributed by atoms with Crippen molar-refractivity contribution in [2.75, 3.05) is 11.9 Å². The monoisotopic (exact) mass is 336 g/mol. The van der Waals surface area contributed by atoms with E-state index in [0.717, 1.165) is 0 Å². The maximum absolute atomic E-state index is 12.4. The fraction of sp³-hybridized carbons (Fsp3) is 0.273. The van der Waals surface area contributed by atoms with Crippen LogP contribution in [0.15, 0.2) is 22.7 Å². The number of anilines is 1. The molecule has 102 valence electrons. The van der Waals surface area contributed by atoms with Crippen LogP contribution in [0.4, 0.5) is 18.9 Å². The summed E-state index contributed by atoms with van der Waals surface area (Å²) in [5.41, 5.74) is 0.280. The zero-order valence-electron chi connectivity index (χ0n) is 9.33. The van der Waals surface area contributed by atoms with Crippen LogP contribution in [0.3, 0.4) is 0 Å². The van der Waals surface area contributed by atoms with E-state index in [9.17, 15) is 18.0 Å². The minimum atomic E-state index is -4.85. The summed E-state index contributed by atoms with van der Waals surface area (Å²) in [7, 11) is 0. The van der Waals surface area contributed by atoms with Crippen molar-refractivity contribution in [3.63, 3.8) is 0 Å². The Hall–Kier alpha value is -1.75. The van der Waals surface area contributed by atoms with E-state index in [1.165, 1.54) is 18.2 Å². The quantitative estimate of drug-likeness (QED) is 0.886. The molecule has 0 fully saturated rings. The third kappa shape index (κ3) is 4.13. The number of nitrogens with one attached hydrogen (secondary N) is 1. The highest BCUT2D eigenvalue weighted by Crippen LogP contribution is 2.28. The molecule has 0 aliphatic carbocycles. The Balaban J connectivity index is 2.87. The zero-order chi connectivity index (χ0) is 14.6. The average Bonchev–Trinajstić information content (AvgIpc) is 2.28. The van der Waals surface area contributed by atoms with Crippen LogP contribution in [0, 0.1) is 17.2 Å². The normalized spacial score (nSPS) is 12.6. The lowest BCUT2D eigenvalue weighted by molar-refractivity contribution is -0.190. The van der Waals surface area contributed by atoms with E-state index < -0.39 is 24.6 Å². The minimum Gasteiger partial charge on any atom is -0.481 e. The highest BCUT2D eigenvalue weighted by molar-refractivity contribution is 9.10. The molecule has 1 rings (SSSR count). The van der Waals surface area contributed by atoms with Crippen molar-refractivity contribution >= 4 is 27.6 Å². The van der Waals surface area contributed by atoms with E-state index in [0.29, 0.717) is 4.47 Å². The maximum atomic E-state index is 12.4. The first kappa shape index (κ1) is 15.3. The third-order valence-electron chi connectivity index (χ3n) is 2.29. The Kier molecular flexibility index (Phi) is 4.78. The molecule has 19 heavy (non-hydrogen) atoms. The summed E-state index contributed by atoms with van der Waals surface area (Å²) >= 11 is 3.12. The first-order valence-electron chi connectivity index (χ1n) is 4.98. The molecular formula is C11H8BrF3N2O2. The molecule has 0 bridgehead atoms. The van der Waals surface area contributed by atoms with Crippen molar-refractivity contribution in [2.24, 2.45) is 5.92 Å². The van der Waals surface area contributed by atoms with Gasteiger partial charge in [-0.05, 0) is 18.2 Å². The molecule has 2 N–H and O–H groups in total. The summed E-state index contributed by atoms with van der Waals surface area (Å²) in [5.74, 6) is -4.49. The lowest BCUT2D eigenvalue weighted by atomic mass is 10.1. The number of hydrogen-bond donors (Lipinski definition) is 2. The summed E-state index contributed by atoms with van der Waals surface area (Å²) in [6.45, 7) is -0.838. The number of nitrogens with zero attached hydrogens (tertiary/aromatic N) is 1. The van der Waals surface area contributed by atoms with Crippen LogP contribution in [-0.4, -0.2) is 23.8 Å². The Morgan fingerprint density at radius 1 is 1.53 bits per heavy atom.